The smallest absolute Gasteiger partial charge is 0.278 e. The van der Waals surface area contributed by atoms with Crippen LogP contribution < -0.4 is 10.9 Å². The molecule has 0 bridgehead atoms. The van der Waals surface area contributed by atoms with Crippen LogP contribution in [-0.4, -0.2) is 23.3 Å². The van der Waals surface area contributed by atoms with Gasteiger partial charge in [-0.05, 0) is 35.9 Å². The van der Waals surface area contributed by atoms with Gasteiger partial charge in [0.1, 0.15) is 0 Å². The largest absolute Gasteiger partial charge is 0.416 e. The van der Waals surface area contributed by atoms with E-state index in [1.165, 1.54) is 18.3 Å². The number of rotatable bonds is 7. The predicted octanol–water partition coefficient (Wildman–Crippen LogP) is 5.66. The quantitative estimate of drug-likeness (QED) is 0.268. The summed E-state index contributed by atoms with van der Waals surface area (Å²) < 4.78 is 38.7. The van der Waals surface area contributed by atoms with E-state index in [4.69, 9.17) is 0 Å². The Bertz CT molecular complexity index is 1380. The van der Waals surface area contributed by atoms with Crippen LogP contribution in [0.4, 0.5) is 18.9 Å². The molecule has 1 amide bonds. The lowest BCUT2D eigenvalue weighted by Crippen LogP contribution is -2.18. The van der Waals surface area contributed by atoms with Crippen molar-refractivity contribution in [3.05, 3.63) is 107 Å². The Morgan fingerprint density at radius 2 is 1.69 bits per heavy atom. The Kier molecular flexibility index (Phi) is 7.15. The van der Waals surface area contributed by atoms with Crippen molar-refractivity contribution in [2.75, 3.05) is 5.43 Å². The molecule has 0 spiro atoms. The van der Waals surface area contributed by atoms with Crippen molar-refractivity contribution < 1.29 is 18.0 Å². The first-order valence-electron chi connectivity index (χ1n) is 10.6. The molecule has 0 aliphatic heterocycles. The number of benzene rings is 3. The second-order valence-corrected chi connectivity index (χ2v) is 7.50. The number of carbonyl (C=O) groups excluding carboxylic acids is 1. The number of hydrogen-bond donors (Lipinski definition) is 2. The number of nitrogens with zero attached hydrogens (tertiary/aromatic N) is 3. The number of nitrogens with one attached hydrogen (secondary N) is 2. The van der Waals surface area contributed by atoms with Crippen molar-refractivity contribution in [1.82, 2.24) is 10.4 Å². The molecule has 1 aromatic heterocycles. The molecular formula is C26H20F3N5O. The van der Waals surface area contributed by atoms with Gasteiger partial charge in [-0.2, -0.15) is 23.4 Å². The number of para-hydroxylation sites is 1. The molecule has 176 valence electrons. The van der Waals surface area contributed by atoms with Gasteiger partial charge in [-0.1, -0.05) is 54.6 Å². The Morgan fingerprint density at radius 3 is 2.49 bits per heavy atom. The van der Waals surface area contributed by atoms with Crippen LogP contribution in [0.25, 0.3) is 10.9 Å². The number of pyridine rings is 1. The first-order valence-corrected chi connectivity index (χ1v) is 10.6. The molecule has 6 nitrogen and oxygen atoms in total. The molecule has 0 aliphatic carbocycles. The van der Waals surface area contributed by atoms with Crippen LogP contribution >= 0.6 is 0 Å². The van der Waals surface area contributed by atoms with Crippen LogP contribution in [0.3, 0.4) is 0 Å². The van der Waals surface area contributed by atoms with E-state index in [0.717, 1.165) is 17.7 Å². The third kappa shape index (κ3) is 6.29. The second kappa shape index (κ2) is 10.6. The molecule has 9 heteroatoms. The Hall–Kier alpha value is -4.53. The number of fused-ring (bicyclic) bond motifs is 1. The fourth-order valence-corrected chi connectivity index (χ4v) is 3.32. The zero-order valence-electron chi connectivity index (χ0n) is 18.3. The number of anilines is 1. The fraction of sp³-hybridized carbons (Fsp3) is 0.0769. The maximum absolute atomic E-state index is 12.9. The summed E-state index contributed by atoms with van der Waals surface area (Å²) in [6.45, 7) is 0. The summed E-state index contributed by atoms with van der Waals surface area (Å²) in [5.41, 5.74) is 6.79. The minimum absolute atomic E-state index is 0.169. The number of hydrogen-bond acceptors (Lipinski definition) is 5. The van der Waals surface area contributed by atoms with Crippen molar-refractivity contribution >= 4 is 34.9 Å². The van der Waals surface area contributed by atoms with Crippen molar-refractivity contribution in [2.45, 2.75) is 12.6 Å². The molecule has 4 rings (SSSR count). The number of aromatic nitrogens is 1. The van der Waals surface area contributed by atoms with E-state index in [9.17, 15) is 18.0 Å². The molecule has 0 unspecified atom stereocenters. The highest BCUT2D eigenvalue weighted by Crippen LogP contribution is 2.30. The number of hydrazone groups is 2. The summed E-state index contributed by atoms with van der Waals surface area (Å²) in [7, 11) is 0. The molecule has 35 heavy (non-hydrogen) atoms. The van der Waals surface area contributed by atoms with Crippen molar-refractivity contribution in [2.24, 2.45) is 10.2 Å². The molecule has 0 radical (unpaired) electrons. The monoisotopic (exact) mass is 475 g/mol. The lowest BCUT2D eigenvalue weighted by Gasteiger charge is -2.08. The molecule has 3 aromatic carbocycles. The molecular weight excluding hydrogens is 455 g/mol. The van der Waals surface area contributed by atoms with Gasteiger partial charge in [0.2, 0.25) is 0 Å². The summed E-state index contributed by atoms with van der Waals surface area (Å²) in [5.74, 6) is -0.423. The zero-order valence-corrected chi connectivity index (χ0v) is 18.3. The van der Waals surface area contributed by atoms with Gasteiger partial charge >= 0.3 is 6.18 Å². The van der Waals surface area contributed by atoms with E-state index >= 15 is 0 Å². The summed E-state index contributed by atoms with van der Waals surface area (Å²) in [6.07, 6.45) is -0.940. The Morgan fingerprint density at radius 1 is 0.914 bits per heavy atom. The van der Waals surface area contributed by atoms with Crippen molar-refractivity contribution in [1.29, 1.82) is 0 Å². The van der Waals surface area contributed by atoms with Crippen LogP contribution in [0.15, 0.2) is 95.1 Å². The van der Waals surface area contributed by atoms with Crippen LogP contribution in [0, 0.1) is 0 Å². The molecule has 0 atom stereocenters. The van der Waals surface area contributed by atoms with Crippen molar-refractivity contribution in [3.8, 4) is 0 Å². The normalized spacial score (nSPS) is 11.9. The van der Waals surface area contributed by atoms with Gasteiger partial charge in [0.15, 0.2) is 0 Å². The van der Waals surface area contributed by atoms with Crippen LogP contribution in [0.1, 0.15) is 27.2 Å². The van der Waals surface area contributed by atoms with Gasteiger partial charge in [0, 0.05) is 18.0 Å². The lowest BCUT2D eigenvalue weighted by molar-refractivity contribution is -0.137. The zero-order chi connectivity index (χ0) is 24.7. The third-order valence-corrected chi connectivity index (χ3v) is 4.99. The van der Waals surface area contributed by atoms with Gasteiger partial charge in [0.05, 0.1) is 34.2 Å². The lowest BCUT2D eigenvalue weighted by atomic mass is 10.1. The second-order valence-electron chi connectivity index (χ2n) is 7.50. The molecule has 0 aliphatic rings. The fourth-order valence-electron chi connectivity index (χ4n) is 3.32. The predicted molar refractivity (Wildman–Crippen MR) is 131 cm³/mol. The number of amides is 1. The van der Waals surface area contributed by atoms with E-state index in [-0.39, 0.29) is 5.69 Å². The van der Waals surface area contributed by atoms with Gasteiger partial charge in [-0.25, -0.2) is 10.4 Å². The maximum Gasteiger partial charge on any atom is 0.416 e. The number of carbonyl (C=O) groups is 1. The summed E-state index contributed by atoms with van der Waals surface area (Å²) in [6, 6.07) is 23.0. The molecule has 2 N–H and O–H groups in total. The molecule has 4 aromatic rings. The SMILES string of the molecule is O=C(N/N=C\Cc1ccccc1)c1cc(/C=N/Nc2cccc(C(F)(F)F)c2)nc2ccccc12. The van der Waals surface area contributed by atoms with Gasteiger partial charge in [0.25, 0.3) is 5.91 Å². The van der Waals surface area contributed by atoms with Crippen molar-refractivity contribution in [3.63, 3.8) is 0 Å². The highest BCUT2D eigenvalue weighted by atomic mass is 19.4. The van der Waals surface area contributed by atoms with E-state index in [1.54, 1.807) is 36.5 Å². The molecule has 1 heterocycles. The first kappa shape index (κ1) is 23.6. The van der Waals surface area contributed by atoms with E-state index in [0.29, 0.717) is 28.6 Å². The number of halogens is 3. The molecule has 0 saturated heterocycles. The minimum Gasteiger partial charge on any atom is -0.278 e. The van der Waals surface area contributed by atoms with E-state index in [2.05, 4.69) is 26.0 Å². The van der Waals surface area contributed by atoms with E-state index in [1.807, 2.05) is 30.3 Å². The Balaban J connectivity index is 1.50. The van der Waals surface area contributed by atoms with Gasteiger partial charge in [-0.3, -0.25) is 10.2 Å². The third-order valence-electron chi connectivity index (χ3n) is 4.99. The average molecular weight is 475 g/mol. The Labute approximate surface area is 199 Å². The first-order chi connectivity index (χ1) is 16.9. The average Bonchev–Trinajstić information content (AvgIpc) is 2.86. The van der Waals surface area contributed by atoms with Gasteiger partial charge < -0.3 is 0 Å². The molecule has 0 saturated carbocycles. The summed E-state index contributed by atoms with van der Waals surface area (Å²) in [5, 5.41) is 8.64. The topological polar surface area (TPSA) is 78.7 Å². The van der Waals surface area contributed by atoms with Crippen LogP contribution in [0.5, 0.6) is 0 Å². The van der Waals surface area contributed by atoms with Crippen LogP contribution in [0.2, 0.25) is 0 Å². The summed E-state index contributed by atoms with van der Waals surface area (Å²) in [4.78, 5) is 17.3. The molecule has 0 fully saturated rings. The highest BCUT2D eigenvalue weighted by molar-refractivity contribution is 6.07. The van der Waals surface area contributed by atoms with Gasteiger partial charge in [-0.15, -0.1) is 0 Å². The van der Waals surface area contributed by atoms with E-state index < -0.39 is 17.6 Å². The highest BCUT2D eigenvalue weighted by Gasteiger charge is 2.30. The minimum atomic E-state index is -4.45. The summed E-state index contributed by atoms with van der Waals surface area (Å²) >= 11 is 0. The standard InChI is InChI=1S/C26H20F3N5O/c27-26(28,29)19-9-6-10-20(15-19)33-31-17-21-16-23(22-11-4-5-12-24(22)32-21)25(35)34-30-14-13-18-7-2-1-3-8-18/h1-12,14-17,33H,13H2,(H,34,35)/b30-14-,31-17+. The maximum atomic E-state index is 12.9. The number of alkyl halides is 3. The van der Waals surface area contributed by atoms with Crippen LogP contribution in [-0.2, 0) is 12.6 Å².